The maximum absolute atomic E-state index is 11.6. The first-order valence-electron chi connectivity index (χ1n) is 7.26. The van der Waals surface area contributed by atoms with Gasteiger partial charge in [0.15, 0.2) is 5.82 Å². The minimum Gasteiger partial charge on any atom is -0.494 e. The molecule has 0 aliphatic heterocycles. The Labute approximate surface area is 129 Å². The maximum atomic E-state index is 11.6. The topological polar surface area (TPSA) is 92.3 Å². The number of carbonyl (C=O) groups is 1. The molecule has 0 fully saturated rings. The van der Waals surface area contributed by atoms with Gasteiger partial charge < -0.3 is 15.2 Å². The van der Waals surface area contributed by atoms with E-state index in [0.29, 0.717) is 13.2 Å². The van der Waals surface area contributed by atoms with E-state index in [2.05, 4.69) is 10.3 Å². The zero-order valence-electron chi connectivity index (χ0n) is 12.6. The lowest BCUT2D eigenvalue weighted by Gasteiger charge is -2.06. The Morgan fingerprint density at radius 1 is 1.27 bits per heavy atom. The third-order valence-corrected chi connectivity index (χ3v) is 3.02. The van der Waals surface area contributed by atoms with Gasteiger partial charge in [-0.25, -0.2) is 9.48 Å². The van der Waals surface area contributed by atoms with Crippen LogP contribution in [0.1, 0.15) is 30.3 Å². The van der Waals surface area contributed by atoms with Gasteiger partial charge in [-0.1, -0.05) is 23.4 Å². The molecule has 0 atom stereocenters. The molecule has 0 saturated carbocycles. The number of unbranched alkanes of at least 4 members (excludes halogenated alkanes) is 1. The van der Waals surface area contributed by atoms with E-state index in [9.17, 15) is 4.79 Å². The van der Waals surface area contributed by atoms with Gasteiger partial charge >= 0.3 is 5.97 Å². The molecule has 0 unspecified atom stereocenters. The lowest BCUT2D eigenvalue weighted by molar-refractivity contribution is 0.0520. The third-order valence-electron chi connectivity index (χ3n) is 3.02. The fourth-order valence-electron chi connectivity index (χ4n) is 1.90. The molecule has 22 heavy (non-hydrogen) atoms. The number of benzene rings is 1. The van der Waals surface area contributed by atoms with Crippen LogP contribution >= 0.6 is 0 Å². The number of nitrogens with two attached hydrogens (primary N) is 1. The van der Waals surface area contributed by atoms with Gasteiger partial charge in [0.2, 0.25) is 5.69 Å². The normalized spacial score (nSPS) is 10.4. The molecular weight excluding hydrogens is 284 g/mol. The van der Waals surface area contributed by atoms with Gasteiger partial charge in [-0.2, -0.15) is 0 Å². The van der Waals surface area contributed by atoms with Crippen molar-refractivity contribution in [2.24, 2.45) is 0 Å². The fourth-order valence-corrected chi connectivity index (χ4v) is 1.90. The van der Waals surface area contributed by atoms with E-state index in [1.165, 1.54) is 4.68 Å². The summed E-state index contributed by atoms with van der Waals surface area (Å²) in [5.74, 6) is 0.549. The van der Waals surface area contributed by atoms with Crippen molar-refractivity contribution < 1.29 is 14.3 Å². The highest BCUT2D eigenvalue weighted by atomic mass is 16.5. The summed E-state index contributed by atoms with van der Waals surface area (Å²) in [6, 6.07) is 9.65. The largest absolute Gasteiger partial charge is 0.494 e. The van der Waals surface area contributed by atoms with Gasteiger partial charge in [0, 0.05) is 6.54 Å². The Morgan fingerprint density at radius 2 is 2.05 bits per heavy atom. The highest BCUT2D eigenvalue weighted by molar-refractivity contribution is 5.91. The average Bonchev–Trinajstić information content (AvgIpc) is 2.89. The minimum absolute atomic E-state index is 0.0717. The summed E-state index contributed by atoms with van der Waals surface area (Å²) in [5.41, 5.74) is 5.92. The first kappa shape index (κ1) is 15.8. The zero-order chi connectivity index (χ0) is 15.8. The second kappa shape index (κ2) is 8.02. The molecule has 0 amide bonds. The molecular formula is C15H20N4O3. The maximum Gasteiger partial charge on any atom is 0.362 e. The number of nitrogen functional groups attached to an aromatic ring is 1. The number of carbonyl (C=O) groups excluding carboxylic acids is 1. The monoisotopic (exact) mass is 304 g/mol. The fraction of sp³-hybridized carbons (Fsp3) is 0.400. The van der Waals surface area contributed by atoms with Crippen LogP contribution in [-0.2, 0) is 11.3 Å². The average molecular weight is 304 g/mol. The van der Waals surface area contributed by atoms with Crippen LogP contribution in [0.25, 0.3) is 0 Å². The van der Waals surface area contributed by atoms with E-state index in [-0.39, 0.29) is 18.1 Å². The number of esters is 1. The van der Waals surface area contributed by atoms with Crippen LogP contribution < -0.4 is 10.5 Å². The standard InChI is InChI=1S/C15H20N4O3/c1-2-21-15(20)13-14(16)19(18-17-13)10-6-7-11-22-12-8-4-3-5-9-12/h3-5,8-9H,2,6-7,10-11,16H2,1H3. The van der Waals surface area contributed by atoms with E-state index < -0.39 is 5.97 Å². The molecule has 0 aliphatic carbocycles. The highest BCUT2D eigenvalue weighted by Gasteiger charge is 2.18. The zero-order valence-corrected chi connectivity index (χ0v) is 12.6. The predicted molar refractivity (Wildman–Crippen MR) is 81.6 cm³/mol. The first-order chi connectivity index (χ1) is 10.7. The van der Waals surface area contributed by atoms with Gasteiger partial charge in [-0.3, -0.25) is 0 Å². The number of ether oxygens (including phenoxy) is 2. The Kier molecular flexibility index (Phi) is 5.76. The van der Waals surface area contributed by atoms with E-state index in [4.69, 9.17) is 15.2 Å². The number of nitrogens with zero attached hydrogens (tertiary/aromatic N) is 3. The number of para-hydroxylation sites is 1. The molecule has 1 aromatic carbocycles. The van der Waals surface area contributed by atoms with Crippen molar-refractivity contribution in [3.8, 4) is 5.75 Å². The number of aromatic nitrogens is 3. The molecule has 0 saturated heterocycles. The molecule has 0 spiro atoms. The molecule has 0 radical (unpaired) electrons. The van der Waals surface area contributed by atoms with E-state index >= 15 is 0 Å². The summed E-state index contributed by atoms with van der Waals surface area (Å²) >= 11 is 0. The van der Waals surface area contributed by atoms with E-state index in [0.717, 1.165) is 18.6 Å². The quantitative estimate of drug-likeness (QED) is 0.591. The van der Waals surface area contributed by atoms with Gasteiger partial charge in [-0.05, 0) is 31.9 Å². The lowest BCUT2D eigenvalue weighted by Crippen LogP contribution is -2.10. The number of hydrogen-bond donors (Lipinski definition) is 1. The molecule has 118 valence electrons. The molecule has 1 aromatic heterocycles. The number of aryl methyl sites for hydroxylation is 1. The van der Waals surface area contributed by atoms with Crippen molar-refractivity contribution in [1.82, 2.24) is 15.0 Å². The van der Waals surface area contributed by atoms with Crippen molar-refractivity contribution in [2.75, 3.05) is 18.9 Å². The Hall–Kier alpha value is -2.57. The van der Waals surface area contributed by atoms with Crippen molar-refractivity contribution in [3.63, 3.8) is 0 Å². The number of hydrogen-bond acceptors (Lipinski definition) is 6. The van der Waals surface area contributed by atoms with Crippen LogP contribution in [0.5, 0.6) is 5.75 Å². The summed E-state index contributed by atoms with van der Waals surface area (Å²) in [7, 11) is 0. The van der Waals surface area contributed by atoms with Gasteiger partial charge in [0.05, 0.1) is 13.2 Å². The van der Waals surface area contributed by atoms with Gasteiger partial charge in [0.25, 0.3) is 0 Å². The Morgan fingerprint density at radius 3 is 2.77 bits per heavy atom. The van der Waals surface area contributed by atoms with E-state index in [1.807, 2.05) is 30.3 Å². The van der Waals surface area contributed by atoms with Crippen molar-refractivity contribution in [2.45, 2.75) is 26.3 Å². The van der Waals surface area contributed by atoms with Crippen LogP contribution in [-0.4, -0.2) is 34.2 Å². The molecule has 7 nitrogen and oxygen atoms in total. The summed E-state index contributed by atoms with van der Waals surface area (Å²) in [4.78, 5) is 11.6. The van der Waals surface area contributed by atoms with Crippen LogP contribution in [0.2, 0.25) is 0 Å². The molecule has 7 heteroatoms. The second-order valence-electron chi connectivity index (χ2n) is 4.64. The lowest BCUT2D eigenvalue weighted by atomic mass is 10.3. The van der Waals surface area contributed by atoms with Crippen LogP contribution in [0, 0.1) is 0 Å². The molecule has 0 aliphatic rings. The van der Waals surface area contributed by atoms with Gasteiger partial charge in [0.1, 0.15) is 5.75 Å². The summed E-state index contributed by atoms with van der Waals surface area (Å²) in [5, 5.41) is 7.64. The van der Waals surface area contributed by atoms with Crippen LogP contribution in [0.3, 0.4) is 0 Å². The molecule has 0 bridgehead atoms. The molecule has 2 N–H and O–H groups in total. The number of anilines is 1. The second-order valence-corrected chi connectivity index (χ2v) is 4.64. The smallest absolute Gasteiger partial charge is 0.362 e. The molecule has 2 rings (SSSR count). The van der Waals surface area contributed by atoms with Crippen molar-refractivity contribution in [3.05, 3.63) is 36.0 Å². The summed E-state index contributed by atoms with van der Waals surface area (Å²) < 4.78 is 12.0. The van der Waals surface area contributed by atoms with Crippen molar-refractivity contribution >= 4 is 11.8 Å². The van der Waals surface area contributed by atoms with Crippen molar-refractivity contribution in [1.29, 1.82) is 0 Å². The third kappa shape index (κ3) is 4.21. The summed E-state index contributed by atoms with van der Waals surface area (Å²) in [6.07, 6.45) is 1.67. The predicted octanol–water partition coefficient (Wildman–Crippen LogP) is 1.90. The van der Waals surface area contributed by atoms with Crippen LogP contribution in [0.4, 0.5) is 5.82 Å². The number of rotatable bonds is 8. The van der Waals surface area contributed by atoms with Crippen LogP contribution in [0.15, 0.2) is 30.3 Å². The minimum atomic E-state index is -0.543. The molecule has 1 heterocycles. The Bertz CT molecular complexity index is 598. The highest BCUT2D eigenvalue weighted by Crippen LogP contribution is 2.11. The Balaban J connectivity index is 1.74. The molecule has 2 aromatic rings. The first-order valence-corrected chi connectivity index (χ1v) is 7.26. The summed E-state index contributed by atoms with van der Waals surface area (Å²) in [6.45, 7) is 3.20. The van der Waals surface area contributed by atoms with E-state index in [1.54, 1.807) is 6.92 Å². The van der Waals surface area contributed by atoms with Gasteiger partial charge in [-0.15, -0.1) is 5.10 Å². The SMILES string of the molecule is CCOC(=O)c1nnn(CCCCOc2ccccc2)c1N.